The molecule has 1 saturated heterocycles. The van der Waals surface area contributed by atoms with Gasteiger partial charge in [-0.3, -0.25) is 0 Å². The number of nitrogens with one attached hydrogen (secondary N) is 1. The van der Waals surface area contributed by atoms with E-state index in [-0.39, 0.29) is 12.2 Å². The monoisotopic (exact) mass is 404 g/mol. The van der Waals surface area contributed by atoms with E-state index in [4.69, 9.17) is 14.0 Å². The minimum atomic E-state index is -1.12. The lowest BCUT2D eigenvalue weighted by Crippen LogP contribution is -2.41. The number of amides is 1. The lowest BCUT2D eigenvalue weighted by molar-refractivity contribution is 0.00578. The maximum absolute atomic E-state index is 12.1. The number of carboxylic acids is 1. The summed E-state index contributed by atoms with van der Waals surface area (Å²) < 4.78 is 17.5. The van der Waals surface area contributed by atoms with Crippen molar-refractivity contribution in [3.8, 4) is 0 Å². The maximum atomic E-state index is 12.1. The second-order valence-electron chi connectivity index (χ2n) is 8.94. The minimum Gasteiger partial charge on any atom is -0.477 e. The molecule has 0 aliphatic carbocycles. The summed E-state index contributed by atoms with van der Waals surface area (Å²) in [6.07, 6.45) is 2.58. The smallest absolute Gasteiger partial charge is 0.477 e. The molecule has 0 spiro atoms. The summed E-state index contributed by atoms with van der Waals surface area (Å²) in [6.45, 7) is 13.2. The Balaban J connectivity index is 2.30. The lowest BCUT2D eigenvalue weighted by atomic mass is 9.77. The maximum Gasteiger partial charge on any atom is 0.492 e. The molecule has 9 heteroatoms. The summed E-state index contributed by atoms with van der Waals surface area (Å²) in [5, 5.41) is 11.9. The Bertz CT molecular complexity index is 797. The number of carbonyl (C=O) groups is 2. The van der Waals surface area contributed by atoms with Crippen molar-refractivity contribution in [2.45, 2.75) is 65.3 Å². The predicted molar refractivity (Wildman–Crippen MR) is 109 cm³/mol. The summed E-state index contributed by atoms with van der Waals surface area (Å²) in [5.41, 5.74) is -0.600. The Morgan fingerprint density at radius 1 is 1.24 bits per heavy atom. The van der Waals surface area contributed by atoms with Gasteiger partial charge in [-0.05, 0) is 71.6 Å². The van der Waals surface area contributed by atoms with Gasteiger partial charge in [0.25, 0.3) is 0 Å². The largest absolute Gasteiger partial charge is 0.492 e. The Morgan fingerprint density at radius 3 is 2.34 bits per heavy atom. The first-order valence-electron chi connectivity index (χ1n) is 9.42. The van der Waals surface area contributed by atoms with E-state index in [2.05, 4.69) is 10.3 Å². The van der Waals surface area contributed by atoms with Crippen LogP contribution in [-0.2, 0) is 14.0 Å². The van der Waals surface area contributed by atoms with Crippen molar-refractivity contribution in [2.75, 3.05) is 6.54 Å². The molecule has 0 saturated carbocycles. The molecule has 1 amide bonds. The summed E-state index contributed by atoms with van der Waals surface area (Å²) in [7, 11) is -0.712. The topological polar surface area (TPSA) is 107 Å². The molecule has 1 fully saturated rings. The van der Waals surface area contributed by atoms with Crippen LogP contribution in [0.5, 0.6) is 0 Å². The van der Waals surface area contributed by atoms with E-state index in [0.717, 1.165) is 0 Å². The predicted octanol–water partition coefficient (Wildman–Crippen LogP) is 3.32. The Morgan fingerprint density at radius 2 is 1.83 bits per heavy atom. The number of carbonyl (C=O) groups excluding carboxylic acids is 1. The fraction of sp³-hybridized carbons (Fsp3) is 0.550. The minimum absolute atomic E-state index is 0.0767. The third kappa shape index (κ3) is 6.04. The standard InChI is InChI=1S/C20H29BN2O6/c1-18(2,3)27-17(26)23-12-14(21-28-19(4,5)20(6,7)29-21)10-13-8-9-22-15(11-13)16(24)25/h8-11H,12H2,1-7H3,(H,23,26)(H,24,25). The van der Waals surface area contributed by atoms with E-state index in [0.29, 0.717) is 11.0 Å². The molecule has 0 bridgehead atoms. The Hall–Kier alpha value is -2.39. The van der Waals surface area contributed by atoms with E-state index in [1.54, 1.807) is 32.9 Å². The van der Waals surface area contributed by atoms with Gasteiger partial charge in [0, 0.05) is 12.7 Å². The van der Waals surface area contributed by atoms with Gasteiger partial charge in [-0.1, -0.05) is 6.08 Å². The molecule has 2 N–H and O–H groups in total. The third-order valence-corrected chi connectivity index (χ3v) is 4.75. The van der Waals surface area contributed by atoms with Gasteiger partial charge >= 0.3 is 19.2 Å². The SMILES string of the molecule is CC(C)(C)OC(=O)NCC(=Cc1ccnc(C(=O)O)c1)B1OC(C)(C)C(C)(C)O1. The number of hydrogen-bond donors (Lipinski definition) is 2. The number of pyridine rings is 1. The van der Waals surface area contributed by atoms with Crippen molar-refractivity contribution in [1.29, 1.82) is 0 Å². The van der Waals surface area contributed by atoms with Crippen molar-refractivity contribution in [3.05, 3.63) is 35.1 Å². The van der Waals surface area contributed by atoms with Gasteiger partial charge in [-0.15, -0.1) is 0 Å². The van der Waals surface area contributed by atoms with Crippen LogP contribution in [0.4, 0.5) is 4.79 Å². The van der Waals surface area contributed by atoms with Gasteiger partial charge in [-0.25, -0.2) is 14.6 Å². The Labute approximate surface area is 171 Å². The van der Waals surface area contributed by atoms with E-state index >= 15 is 0 Å². The number of rotatable bonds is 5. The van der Waals surface area contributed by atoms with Gasteiger partial charge in [-0.2, -0.15) is 0 Å². The van der Waals surface area contributed by atoms with Crippen molar-refractivity contribution < 1.29 is 28.7 Å². The molecule has 8 nitrogen and oxygen atoms in total. The molecular weight excluding hydrogens is 375 g/mol. The zero-order valence-corrected chi connectivity index (χ0v) is 18.0. The van der Waals surface area contributed by atoms with Crippen molar-refractivity contribution in [3.63, 3.8) is 0 Å². The van der Waals surface area contributed by atoms with E-state index in [9.17, 15) is 14.7 Å². The summed E-state index contributed by atoms with van der Waals surface area (Å²) in [4.78, 5) is 27.1. The molecule has 1 aromatic heterocycles. The zero-order valence-electron chi connectivity index (χ0n) is 18.0. The summed E-state index contributed by atoms with van der Waals surface area (Å²) >= 11 is 0. The van der Waals surface area contributed by atoms with Crippen LogP contribution in [0.3, 0.4) is 0 Å². The highest BCUT2D eigenvalue weighted by Gasteiger charge is 2.52. The molecule has 29 heavy (non-hydrogen) atoms. The van der Waals surface area contributed by atoms with Gasteiger partial charge in [0.05, 0.1) is 11.2 Å². The average molecular weight is 404 g/mol. The van der Waals surface area contributed by atoms with Crippen LogP contribution < -0.4 is 5.32 Å². The molecule has 2 heterocycles. The van der Waals surface area contributed by atoms with Gasteiger partial charge in [0.15, 0.2) is 0 Å². The highest BCUT2D eigenvalue weighted by atomic mass is 16.7. The lowest BCUT2D eigenvalue weighted by Gasteiger charge is -2.32. The molecule has 0 radical (unpaired) electrons. The van der Waals surface area contributed by atoms with Crippen molar-refractivity contribution in [1.82, 2.24) is 10.3 Å². The highest BCUT2D eigenvalue weighted by Crippen LogP contribution is 2.38. The van der Waals surface area contributed by atoms with Crippen LogP contribution in [0.1, 0.15) is 64.5 Å². The normalized spacial score (nSPS) is 18.4. The van der Waals surface area contributed by atoms with Crippen molar-refractivity contribution in [2.24, 2.45) is 0 Å². The number of hydrogen-bond acceptors (Lipinski definition) is 6. The van der Waals surface area contributed by atoms with E-state index < -0.39 is 36.0 Å². The molecule has 1 aliphatic heterocycles. The number of ether oxygens (including phenoxy) is 1. The second kappa shape index (κ2) is 8.16. The molecular formula is C20H29BN2O6. The molecule has 158 valence electrons. The number of aromatic nitrogens is 1. The zero-order chi connectivity index (χ0) is 22.0. The van der Waals surface area contributed by atoms with Crippen LogP contribution in [0, 0.1) is 0 Å². The number of alkyl carbamates (subject to hydrolysis) is 1. The quantitative estimate of drug-likeness (QED) is 0.725. The first-order chi connectivity index (χ1) is 13.2. The van der Waals surface area contributed by atoms with E-state index in [1.165, 1.54) is 12.3 Å². The molecule has 0 atom stereocenters. The van der Waals surface area contributed by atoms with Gasteiger partial charge in [0.1, 0.15) is 11.3 Å². The number of nitrogens with zero attached hydrogens (tertiary/aromatic N) is 1. The fourth-order valence-electron chi connectivity index (χ4n) is 2.55. The first kappa shape index (κ1) is 22.9. The highest BCUT2D eigenvalue weighted by molar-refractivity contribution is 6.56. The summed E-state index contributed by atoms with van der Waals surface area (Å²) in [6, 6.07) is 3.12. The van der Waals surface area contributed by atoms with Crippen LogP contribution in [-0.4, -0.2) is 52.6 Å². The fourth-order valence-corrected chi connectivity index (χ4v) is 2.55. The van der Waals surface area contributed by atoms with E-state index in [1.807, 2.05) is 27.7 Å². The first-order valence-corrected chi connectivity index (χ1v) is 9.42. The second-order valence-corrected chi connectivity index (χ2v) is 8.94. The number of aromatic carboxylic acids is 1. The van der Waals surface area contributed by atoms with Crippen LogP contribution in [0.25, 0.3) is 6.08 Å². The Kier molecular flexibility index (Phi) is 6.44. The van der Waals surface area contributed by atoms with Crippen LogP contribution >= 0.6 is 0 Å². The molecule has 2 rings (SSSR count). The summed E-state index contributed by atoms with van der Waals surface area (Å²) in [5.74, 6) is -1.12. The molecule has 1 aliphatic rings. The molecule has 1 aromatic rings. The third-order valence-electron chi connectivity index (χ3n) is 4.75. The molecule has 0 unspecified atom stereocenters. The van der Waals surface area contributed by atoms with Gasteiger partial charge in [0.2, 0.25) is 0 Å². The van der Waals surface area contributed by atoms with Gasteiger partial charge < -0.3 is 24.5 Å². The van der Waals surface area contributed by atoms with Crippen molar-refractivity contribution >= 4 is 25.3 Å². The van der Waals surface area contributed by atoms with Crippen LogP contribution in [0.15, 0.2) is 23.8 Å². The van der Waals surface area contributed by atoms with Crippen LogP contribution in [0.2, 0.25) is 0 Å². The average Bonchev–Trinajstić information content (AvgIpc) is 2.77. The number of carboxylic acid groups (broad SMARTS) is 1. The molecule has 0 aromatic carbocycles.